The second-order valence-corrected chi connectivity index (χ2v) is 8.47. The highest BCUT2D eigenvalue weighted by Gasteiger charge is 2.18. The van der Waals surface area contributed by atoms with Crippen LogP contribution in [0.5, 0.6) is 0 Å². The van der Waals surface area contributed by atoms with Gasteiger partial charge in [0.2, 0.25) is 0 Å². The first-order chi connectivity index (χ1) is 8.80. The molecule has 1 rings (SSSR count). The predicted molar refractivity (Wildman–Crippen MR) is 85.1 cm³/mol. The van der Waals surface area contributed by atoms with E-state index in [0.717, 1.165) is 18.7 Å². The Morgan fingerprint density at radius 3 is 2.47 bits per heavy atom. The van der Waals surface area contributed by atoms with Gasteiger partial charge in [-0.2, -0.15) is 0 Å². The minimum Gasteiger partial charge on any atom is -0.313 e. The van der Waals surface area contributed by atoms with Crippen molar-refractivity contribution in [1.82, 2.24) is 5.32 Å². The molecule has 0 aromatic heterocycles. The molecule has 0 saturated heterocycles. The van der Waals surface area contributed by atoms with Gasteiger partial charge in [-0.15, -0.1) is 0 Å². The lowest BCUT2D eigenvalue weighted by Crippen LogP contribution is -2.34. The van der Waals surface area contributed by atoms with E-state index in [2.05, 4.69) is 43.4 Å². The first-order valence-electron chi connectivity index (χ1n) is 6.97. The zero-order valence-corrected chi connectivity index (χ0v) is 13.6. The van der Waals surface area contributed by atoms with Gasteiger partial charge in [0.1, 0.15) is 0 Å². The van der Waals surface area contributed by atoms with Crippen molar-refractivity contribution in [1.29, 1.82) is 0 Å². The number of aryl methyl sites for hydroxylation is 1. The van der Waals surface area contributed by atoms with E-state index in [-0.39, 0.29) is 4.75 Å². The molecule has 1 N–H and O–H groups in total. The molecule has 0 heterocycles. The number of nitrogens with one attached hydrogen (secondary N) is 1. The summed E-state index contributed by atoms with van der Waals surface area (Å²) in [5, 5.41) is 3.47. The maximum Gasteiger partial charge on any atom is 0.0375 e. The first kappa shape index (κ1) is 16.4. The molecule has 0 radical (unpaired) electrons. The fourth-order valence-electron chi connectivity index (χ4n) is 1.95. The minimum atomic E-state index is -0.767. The standard InChI is InChI=1S/C16H27NOS/c1-13-8-6-7-9-15(13)12-14(2)17-10-11-19(18)16(3,4)5/h6-9,14,17H,10-12H2,1-5H3/t14-,19+/m0/s1. The monoisotopic (exact) mass is 281 g/mol. The van der Waals surface area contributed by atoms with Crippen molar-refractivity contribution < 1.29 is 4.21 Å². The lowest BCUT2D eigenvalue weighted by atomic mass is 10.0. The Bertz CT molecular complexity index is 423. The lowest BCUT2D eigenvalue weighted by Gasteiger charge is -2.19. The second kappa shape index (κ2) is 7.20. The third kappa shape index (κ3) is 5.87. The molecule has 0 bridgehead atoms. The predicted octanol–water partition coefficient (Wildman–Crippen LogP) is 3.06. The number of rotatable bonds is 6. The lowest BCUT2D eigenvalue weighted by molar-refractivity contribution is 0.561. The third-order valence-corrected chi connectivity index (χ3v) is 5.19. The summed E-state index contributed by atoms with van der Waals surface area (Å²) in [6.45, 7) is 11.2. The van der Waals surface area contributed by atoms with Gasteiger partial charge in [0, 0.05) is 33.9 Å². The van der Waals surface area contributed by atoms with Crippen molar-refractivity contribution in [3.8, 4) is 0 Å². The normalized spacial score (nSPS) is 15.2. The highest BCUT2D eigenvalue weighted by molar-refractivity contribution is 7.86. The van der Waals surface area contributed by atoms with Gasteiger partial charge in [0.05, 0.1) is 0 Å². The molecule has 3 heteroatoms. The molecule has 1 aromatic carbocycles. The molecular weight excluding hydrogens is 254 g/mol. The molecule has 0 aliphatic rings. The molecule has 0 fully saturated rings. The topological polar surface area (TPSA) is 29.1 Å². The van der Waals surface area contributed by atoms with Crippen molar-refractivity contribution in [2.45, 2.75) is 51.8 Å². The Morgan fingerprint density at radius 1 is 1.26 bits per heavy atom. The molecule has 2 atom stereocenters. The van der Waals surface area contributed by atoms with Crippen molar-refractivity contribution in [2.24, 2.45) is 0 Å². The molecule has 19 heavy (non-hydrogen) atoms. The van der Waals surface area contributed by atoms with Crippen molar-refractivity contribution >= 4 is 10.8 Å². The van der Waals surface area contributed by atoms with Crippen LogP contribution in [0.1, 0.15) is 38.8 Å². The number of hydrogen-bond acceptors (Lipinski definition) is 2. The van der Waals surface area contributed by atoms with Gasteiger partial charge in [0.25, 0.3) is 0 Å². The third-order valence-electron chi connectivity index (χ3n) is 3.25. The summed E-state index contributed by atoms with van der Waals surface area (Å²) >= 11 is 0. The van der Waals surface area contributed by atoms with E-state index >= 15 is 0 Å². The molecule has 0 aliphatic carbocycles. The van der Waals surface area contributed by atoms with E-state index in [4.69, 9.17) is 0 Å². The Balaban J connectivity index is 2.35. The summed E-state index contributed by atoms with van der Waals surface area (Å²) in [6, 6.07) is 8.91. The van der Waals surface area contributed by atoms with Crippen LogP contribution in [0.25, 0.3) is 0 Å². The van der Waals surface area contributed by atoms with Crippen LogP contribution < -0.4 is 5.32 Å². The van der Waals surface area contributed by atoms with E-state index < -0.39 is 10.8 Å². The zero-order valence-electron chi connectivity index (χ0n) is 12.8. The van der Waals surface area contributed by atoms with Crippen LogP contribution in [0.3, 0.4) is 0 Å². The second-order valence-electron chi connectivity index (χ2n) is 6.15. The highest BCUT2D eigenvalue weighted by atomic mass is 32.2. The van der Waals surface area contributed by atoms with Crippen LogP contribution in [0, 0.1) is 6.92 Å². The average Bonchev–Trinajstić information content (AvgIpc) is 2.31. The van der Waals surface area contributed by atoms with Crippen LogP contribution in [-0.2, 0) is 17.2 Å². The van der Waals surface area contributed by atoms with Gasteiger partial charge in [-0.3, -0.25) is 4.21 Å². The van der Waals surface area contributed by atoms with Gasteiger partial charge < -0.3 is 5.32 Å². The fourth-order valence-corrected chi connectivity index (χ4v) is 2.86. The minimum absolute atomic E-state index is 0.110. The first-order valence-corrected chi connectivity index (χ1v) is 8.29. The Labute approximate surface area is 120 Å². The Morgan fingerprint density at radius 2 is 1.89 bits per heavy atom. The summed E-state index contributed by atoms with van der Waals surface area (Å²) in [5.74, 6) is 0.724. The van der Waals surface area contributed by atoms with E-state index in [9.17, 15) is 4.21 Å². The molecule has 0 saturated carbocycles. The summed E-state index contributed by atoms with van der Waals surface area (Å²) < 4.78 is 11.8. The molecule has 0 aliphatic heterocycles. The number of hydrogen-bond donors (Lipinski definition) is 1. The van der Waals surface area contributed by atoms with Crippen molar-refractivity contribution in [2.75, 3.05) is 12.3 Å². The number of benzene rings is 1. The molecule has 0 spiro atoms. The van der Waals surface area contributed by atoms with Crippen LogP contribution in [0.2, 0.25) is 0 Å². The smallest absolute Gasteiger partial charge is 0.0375 e. The van der Waals surface area contributed by atoms with Crippen LogP contribution in [-0.4, -0.2) is 27.3 Å². The Hall–Kier alpha value is -0.670. The van der Waals surface area contributed by atoms with Crippen molar-refractivity contribution in [3.63, 3.8) is 0 Å². The summed E-state index contributed by atoms with van der Waals surface area (Å²) in [5.41, 5.74) is 2.73. The van der Waals surface area contributed by atoms with Gasteiger partial charge in [0.15, 0.2) is 0 Å². The van der Waals surface area contributed by atoms with Gasteiger partial charge in [-0.1, -0.05) is 24.3 Å². The summed E-state index contributed by atoms with van der Waals surface area (Å²) in [7, 11) is -0.767. The van der Waals surface area contributed by atoms with E-state index in [1.807, 2.05) is 20.8 Å². The zero-order chi connectivity index (χ0) is 14.5. The summed E-state index contributed by atoms with van der Waals surface area (Å²) in [4.78, 5) is 0. The van der Waals surface area contributed by atoms with Gasteiger partial charge in [-0.25, -0.2) is 0 Å². The Kier molecular flexibility index (Phi) is 6.21. The molecular formula is C16H27NOS. The van der Waals surface area contributed by atoms with Crippen molar-refractivity contribution in [3.05, 3.63) is 35.4 Å². The van der Waals surface area contributed by atoms with Crippen LogP contribution in [0.4, 0.5) is 0 Å². The average molecular weight is 281 g/mol. The molecule has 108 valence electrons. The van der Waals surface area contributed by atoms with Gasteiger partial charge >= 0.3 is 0 Å². The largest absolute Gasteiger partial charge is 0.313 e. The van der Waals surface area contributed by atoms with E-state index in [1.54, 1.807) is 0 Å². The SMILES string of the molecule is Cc1ccccc1C[C@H](C)NCC[S@@](=O)C(C)(C)C. The molecule has 0 amide bonds. The molecule has 1 aromatic rings. The van der Waals surface area contributed by atoms with Crippen LogP contribution >= 0.6 is 0 Å². The summed E-state index contributed by atoms with van der Waals surface area (Å²) in [6.07, 6.45) is 1.02. The van der Waals surface area contributed by atoms with Crippen LogP contribution in [0.15, 0.2) is 24.3 Å². The maximum atomic E-state index is 11.9. The molecule has 0 unspecified atom stereocenters. The van der Waals surface area contributed by atoms with E-state index in [0.29, 0.717) is 6.04 Å². The maximum absolute atomic E-state index is 11.9. The van der Waals surface area contributed by atoms with Gasteiger partial charge in [-0.05, 0) is 52.2 Å². The van der Waals surface area contributed by atoms with E-state index in [1.165, 1.54) is 11.1 Å². The molecule has 2 nitrogen and oxygen atoms in total. The highest BCUT2D eigenvalue weighted by Crippen LogP contribution is 2.11. The fraction of sp³-hybridized carbons (Fsp3) is 0.625. The quantitative estimate of drug-likeness (QED) is 0.868.